The highest BCUT2D eigenvalue weighted by Crippen LogP contribution is 2.34. The Morgan fingerprint density at radius 2 is 2.43 bits per heavy atom. The molecule has 2 N–H and O–H groups in total. The maximum atomic E-state index is 11.7. The van der Waals surface area contributed by atoms with E-state index >= 15 is 0 Å². The van der Waals surface area contributed by atoms with Crippen LogP contribution in [0.25, 0.3) is 0 Å². The first-order chi connectivity index (χ1) is 6.81. The Hall–Kier alpha value is -0.570. The van der Waals surface area contributed by atoms with Crippen molar-refractivity contribution in [1.82, 2.24) is 10.6 Å². The molecule has 0 aromatic carbocycles. The molecule has 0 bridgehead atoms. The van der Waals surface area contributed by atoms with Crippen LogP contribution in [0, 0.1) is 5.92 Å². The molecule has 2 rings (SSSR count). The lowest BCUT2D eigenvalue weighted by Gasteiger charge is -2.10. The smallest absolute Gasteiger partial charge is 0.237 e. The molecule has 1 aliphatic carbocycles. The van der Waals surface area contributed by atoms with Crippen molar-refractivity contribution in [3.63, 3.8) is 0 Å². The van der Waals surface area contributed by atoms with E-state index in [9.17, 15) is 4.79 Å². The largest absolute Gasteiger partial charge is 0.352 e. The maximum absolute atomic E-state index is 11.7. The Kier molecular flexibility index (Phi) is 3.06. The summed E-state index contributed by atoms with van der Waals surface area (Å²) in [5.41, 5.74) is 0. The monoisotopic (exact) mass is 196 g/mol. The summed E-state index contributed by atoms with van der Waals surface area (Å²) in [6, 6.07) is 0.586. The Morgan fingerprint density at radius 1 is 1.57 bits per heavy atom. The lowest BCUT2D eigenvalue weighted by molar-refractivity contribution is -0.123. The van der Waals surface area contributed by atoms with Gasteiger partial charge in [-0.05, 0) is 38.1 Å². The minimum atomic E-state index is 0.0953. The molecule has 3 nitrogen and oxygen atoms in total. The topological polar surface area (TPSA) is 41.1 Å². The average molecular weight is 196 g/mol. The van der Waals surface area contributed by atoms with Gasteiger partial charge in [-0.3, -0.25) is 4.79 Å². The maximum Gasteiger partial charge on any atom is 0.237 e. The van der Waals surface area contributed by atoms with Crippen LogP contribution >= 0.6 is 0 Å². The molecule has 0 aromatic heterocycles. The summed E-state index contributed by atoms with van der Waals surface area (Å²) in [7, 11) is 0. The van der Waals surface area contributed by atoms with Crippen molar-refractivity contribution >= 4 is 5.91 Å². The molecule has 2 fully saturated rings. The van der Waals surface area contributed by atoms with E-state index in [0.717, 1.165) is 25.3 Å². The number of carbonyl (C=O) groups excluding carboxylic acids is 1. The highest BCUT2D eigenvalue weighted by Gasteiger charge is 2.38. The first-order valence-electron chi connectivity index (χ1n) is 5.85. The van der Waals surface area contributed by atoms with E-state index in [1.54, 1.807) is 0 Å². The van der Waals surface area contributed by atoms with Crippen LogP contribution in [0.2, 0.25) is 0 Å². The quantitative estimate of drug-likeness (QED) is 0.705. The standard InChI is InChI=1S/C11H20N2O/c1-2-4-8-7-10(8)13-11(14)9-5-3-6-12-9/h8-10,12H,2-7H2,1H3,(H,13,14)/t8?,9-,10?/m1/s1. The van der Waals surface area contributed by atoms with Gasteiger partial charge in [0.25, 0.3) is 0 Å². The molecule has 1 amide bonds. The molecule has 0 aromatic rings. The van der Waals surface area contributed by atoms with Crippen molar-refractivity contribution in [2.75, 3.05) is 6.54 Å². The van der Waals surface area contributed by atoms with Crippen molar-refractivity contribution in [1.29, 1.82) is 0 Å². The summed E-state index contributed by atoms with van der Waals surface area (Å²) in [4.78, 5) is 11.7. The van der Waals surface area contributed by atoms with Gasteiger partial charge in [0.2, 0.25) is 5.91 Å². The predicted octanol–water partition coefficient (Wildman–Crippen LogP) is 1.04. The minimum absolute atomic E-state index is 0.0953. The molecule has 3 heteroatoms. The van der Waals surface area contributed by atoms with Crippen LogP contribution in [0.15, 0.2) is 0 Å². The Labute approximate surface area is 85.6 Å². The molecule has 2 unspecified atom stereocenters. The molecule has 0 spiro atoms. The highest BCUT2D eigenvalue weighted by atomic mass is 16.2. The fourth-order valence-electron chi connectivity index (χ4n) is 2.31. The van der Waals surface area contributed by atoms with Crippen LogP contribution < -0.4 is 10.6 Å². The van der Waals surface area contributed by atoms with Gasteiger partial charge in [-0.15, -0.1) is 0 Å². The molecular weight excluding hydrogens is 176 g/mol. The van der Waals surface area contributed by atoms with Crippen molar-refractivity contribution in [2.45, 2.75) is 51.1 Å². The highest BCUT2D eigenvalue weighted by molar-refractivity contribution is 5.82. The van der Waals surface area contributed by atoms with E-state index in [-0.39, 0.29) is 11.9 Å². The summed E-state index contributed by atoms with van der Waals surface area (Å²) in [5, 5.41) is 6.35. The van der Waals surface area contributed by atoms with Crippen LogP contribution in [-0.4, -0.2) is 24.5 Å². The fourth-order valence-corrected chi connectivity index (χ4v) is 2.31. The number of amides is 1. The van der Waals surface area contributed by atoms with Crippen molar-refractivity contribution < 1.29 is 4.79 Å². The molecule has 2 aliphatic rings. The van der Waals surface area contributed by atoms with E-state index in [1.807, 2.05) is 0 Å². The predicted molar refractivity (Wildman–Crippen MR) is 56.0 cm³/mol. The lowest BCUT2D eigenvalue weighted by atomic mass is 10.2. The zero-order chi connectivity index (χ0) is 9.97. The van der Waals surface area contributed by atoms with Gasteiger partial charge in [-0.25, -0.2) is 0 Å². The van der Waals surface area contributed by atoms with Gasteiger partial charge >= 0.3 is 0 Å². The number of hydrogen-bond donors (Lipinski definition) is 2. The summed E-state index contributed by atoms with van der Waals surface area (Å²) < 4.78 is 0. The molecule has 1 saturated heterocycles. The molecule has 1 saturated carbocycles. The second-order valence-electron chi connectivity index (χ2n) is 4.55. The lowest BCUT2D eigenvalue weighted by Crippen LogP contribution is -2.41. The summed E-state index contributed by atoms with van der Waals surface area (Å²) in [5.74, 6) is 0.997. The van der Waals surface area contributed by atoms with Crippen LogP contribution in [0.1, 0.15) is 39.0 Å². The molecule has 1 heterocycles. The van der Waals surface area contributed by atoms with Crippen molar-refractivity contribution in [2.24, 2.45) is 5.92 Å². The Morgan fingerprint density at radius 3 is 3.07 bits per heavy atom. The number of hydrogen-bond acceptors (Lipinski definition) is 2. The minimum Gasteiger partial charge on any atom is -0.352 e. The third-order valence-corrected chi connectivity index (χ3v) is 3.29. The SMILES string of the molecule is CCCC1CC1NC(=O)[C@H]1CCCN1. The van der Waals surface area contributed by atoms with Crippen LogP contribution in [0.5, 0.6) is 0 Å². The van der Waals surface area contributed by atoms with E-state index in [4.69, 9.17) is 0 Å². The molecular formula is C11H20N2O. The first kappa shape index (κ1) is 9.97. The summed E-state index contributed by atoms with van der Waals surface area (Å²) >= 11 is 0. The van der Waals surface area contributed by atoms with Crippen LogP contribution in [0.4, 0.5) is 0 Å². The third kappa shape index (κ3) is 2.27. The number of nitrogens with one attached hydrogen (secondary N) is 2. The van der Waals surface area contributed by atoms with E-state index in [1.165, 1.54) is 19.3 Å². The van der Waals surface area contributed by atoms with E-state index in [2.05, 4.69) is 17.6 Å². The van der Waals surface area contributed by atoms with Crippen molar-refractivity contribution in [3.8, 4) is 0 Å². The third-order valence-electron chi connectivity index (χ3n) is 3.29. The van der Waals surface area contributed by atoms with Crippen LogP contribution in [-0.2, 0) is 4.79 Å². The molecule has 0 radical (unpaired) electrons. The molecule has 1 aliphatic heterocycles. The van der Waals surface area contributed by atoms with Gasteiger partial charge in [0.15, 0.2) is 0 Å². The summed E-state index contributed by atoms with van der Waals surface area (Å²) in [6.45, 7) is 3.21. The second-order valence-corrected chi connectivity index (χ2v) is 4.55. The molecule has 80 valence electrons. The average Bonchev–Trinajstić information content (AvgIpc) is 2.71. The van der Waals surface area contributed by atoms with E-state index in [0.29, 0.717) is 6.04 Å². The van der Waals surface area contributed by atoms with Crippen LogP contribution in [0.3, 0.4) is 0 Å². The zero-order valence-corrected chi connectivity index (χ0v) is 8.88. The Balaban J connectivity index is 1.68. The summed E-state index contributed by atoms with van der Waals surface area (Å²) in [6.07, 6.45) is 5.85. The molecule has 3 atom stereocenters. The molecule has 14 heavy (non-hydrogen) atoms. The van der Waals surface area contributed by atoms with E-state index < -0.39 is 0 Å². The fraction of sp³-hybridized carbons (Fsp3) is 0.909. The normalized spacial score (nSPS) is 35.6. The zero-order valence-electron chi connectivity index (χ0n) is 8.88. The van der Waals surface area contributed by atoms with Gasteiger partial charge in [-0.1, -0.05) is 13.3 Å². The number of rotatable bonds is 4. The number of carbonyl (C=O) groups is 1. The van der Waals surface area contributed by atoms with Gasteiger partial charge in [-0.2, -0.15) is 0 Å². The Bertz CT molecular complexity index is 211. The van der Waals surface area contributed by atoms with Gasteiger partial charge in [0.05, 0.1) is 6.04 Å². The second kappa shape index (κ2) is 4.30. The van der Waals surface area contributed by atoms with Gasteiger partial charge in [0, 0.05) is 6.04 Å². The van der Waals surface area contributed by atoms with Gasteiger partial charge < -0.3 is 10.6 Å². The van der Waals surface area contributed by atoms with Crippen molar-refractivity contribution in [3.05, 3.63) is 0 Å². The first-order valence-corrected chi connectivity index (χ1v) is 5.85. The van der Waals surface area contributed by atoms with Gasteiger partial charge in [0.1, 0.15) is 0 Å².